The molecule has 0 aliphatic carbocycles. The molecule has 30 heavy (non-hydrogen) atoms. The fourth-order valence-corrected chi connectivity index (χ4v) is 3.84. The molecule has 2 aromatic heterocycles. The number of thioether (sulfide) groups is 2. The molecule has 0 amide bonds. The van der Waals surface area contributed by atoms with Gasteiger partial charge in [-0.05, 0) is 11.1 Å². The minimum atomic E-state index is -4.72. The highest BCUT2D eigenvalue weighted by molar-refractivity contribution is 7.98. The maximum absolute atomic E-state index is 12.7. The predicted molar refractivity (Wildman–Crippen MR) is 95.9 cm³/mol. The van der Waals surface area contributed by atoms with Crippen LogP contribution in [0.1, 0.15) is 22.8 Å². The van der Waals surface area contributed by atoms with Crippen LogP contribution in [0.2, 0.25) is 0 Å². The molecule has 0 fully saturated rings. The van der Waals surface area contributed by atoms with E-state index < -0.39 is 24.0 Å². The number of aromatic nitrogens is 6. The van der Waals surface area contributed by atoms with Crippen LogP contribution in [0, 0.1) is 0 Å². The zero-order valence-corrected chi connectivity index (χ0v) is 16.3. The summed E-state index contributed by atoms with van der Waals surface area (Å²) in [5.41, 5.74) is 1.47. The van der Waals surface area contributed by atoms with Crippen LogP contribution in [0.25, 0.3) is 0 Å². The van der Waals surface area contributed by atoms with Gasteiger partial charge >= 0.3 is 12.4 Å². The molecule has 8 nitrogen and oxygen atoms in total. The maximum Gasteiger partial charge on any atom is 0.453 e. The predicted octanol–water partition coefficient (Wildman–Crippen LogP) is 2.92. The second-order valence-corrected chi connectivity index (χ2v) is 7.63. The lowest BCUT2D eigenvalue weighted by Crippen LogP contribution is -2.21. The number of hydrogen-bond acceptors (Lipinski definition) is 8. The van der Waals surface area contributed by atoms with E-state index in [2.05, 4.69) is 20.4 Å². The Labute approximate surface area is 173 Å². The number of rotatable bonds is 6. The molecule has 0 saturated heterocycles. The molecule has 0 saturated carbocycles. The summed E-state index contributed by atoms with van der Waals surface area (Å²) in [6.45, 7) is 0. The molecular weight excluding hydrogens is 458 g/mol. The molecule has 3 rings (SSSR count). The Morgan fingerprint density at radius 2 is 1.13 bits per heavy atom. The number of alkyl halides is 6. The Kier molecular flexibility index (Phi) is 6.07. The maximum atomic E-state index is 12.7. The normalized spacial score (nSPS) is 12.5. The van der Waals surface area contributed by atoms with Crippen molar-refractivity contribution in [1.29, 1.82) is 0 Å². The van der Waals surface area contributed by atoms with E-state index in [1.807, 2.05) is 0 Å². The number of hydrogen-bond donors (Lipinski definition) is 2. The van der Waals surface area contributed by atoms with Crippen molar-refractivity contribution in [3.63, 3.8) is 0 Å². The zero-order chi connectivity index (χ0) is 22.1. The van der Waals surface area contributed by atoms with Gasteiger partial charge < -0.3 is 11.7 Å². The van der Waals surface area contributed by atoms with E-state index in [9.17, 15) is 26.3 Å². The molecular formula is C14H12F6N8S2. The van der Waals surface area contributed by atoms with Crippen LogP contribution in [-0.2, 0) is 23.9 Å². The first-order valence-corrected chi connectivity index (χ1v) is 9.82. The highest BCUT2D eigenvalue weighted by Crippen LogP contribution is 2.31. The second kappa shape index (κ2) is 8.25. The van der Waals surface area contributed by atoms with Crippen molar-refractivity contribution in [1.82, 2.24) is 29.7 Å². The molecule has 0 radical (unpaired) electrons. The SMILES string of the molecule is Nn1c(SCc2cccc(CSc3nnc(C(F)(F)F)n3N)c2)nnc1C(F)(F)F. The number of nitrogen functional groups attached to an aromatic ring is 2. The zero-order valence-electron chi connectivity index (χ0n) is 14.6. The minimum absolute atomic E-state index is 0.113. The summed E-state index contributed by atoms with van der Waals surface area (Å²) < 4.78 is 76.9. The first-order valence-electron chi connectivity index (χ1n) is 7.85. The van der Waals surface area contributed by atoms with Crippen LogP contribution in [0.5, 0.6) is 0 Å². The minimum Gasteiger partial charge on any atom is -0.335 e. The lowest BCUT2D eigenvalue weighted by atomic mass is 10.2. The first kappa shape index (κ1) is 22.1. The molecule has 0 aliphatic heterocycles. The summed E-state index contributed by atoms with van der Waals surface area (Å²) in [6.07, 6.45) is -9.43. The molecule has 3 aromatic rings. The molecule has 0 atom stereocenters. The van der Waals surface area contributed by atoms with Crippen molar-refractivity contribution < 1.29 is 26.3 Å². The van der Waals surface area contributed by atoms with E-state index in [0.717, 1.165) is 34.7 Å². The van der Waals surface area contributed by atoms with Gasteiger partial charge in [0.2, 0.25) is 10.3 Å². The first-order chi connectivity index (χ1) is 14.0. The van der Waals surface area contributed by atoms with Crippen molar-refractivity contribution in [3.8, 4) is 0 Å². The third-order valence-corrected chi connectivity index (χ3v) is 5.59. The largest absolute Gasteiger partial charge is 0.453 e. The van der Waals surface area contributed by atoms with Gasteiger partial charge in [-0.15, -0.1) is 20.4 Å². The van der Waals surface area contributed by atoms with Gasteiger partial charge in [0.15, 0.2) is 0 Å². The summed E-state index contributed by atoms with van der Waals surface area (Å²) in [6, 6.07) is 6.91. The molecule has 0 unspecified atom stereocenters. The Bertz CT molecular complexity index is 951. The van der Waals surface area contributed by atoms with Crippen molar-refractivity contribution in [2.24, 2.45) is 0 Å². The number of nitrogens with zero attached hydrogens (tertiary/aromatic N) is 6. The number of nitrogens with two attached hydrogens (primary N) is 2. The van der Waals surface area contributed by atoms with Crippen LogP contribution in [0.3, 0.4) is 0 Å². The van der Waals surface area contributed by atoms with Crippen LogP contribution < -0.4 is 11.7 Å². The van der Waals surface area contributed by atoms with E-state index in [1.54, 1.807) is 24.3 Å². The van der Waals surface area contributed by atoms with Crippen molar-refractivity contribution in [2.75, 3.05) is 11.7 Å². The van der Waals surface area contributed by atoms with Gasteiger partial charge in [0.05, 0.1) is 0 Å². The van der Waals surface area contributed by atoms with Crippen LogP contribution in [-0.4, -0.2) is 29.7 Å². The van der Waals surface area contributed by atoms with E-state index in [0.29, 0.717) is 9.35 Å². The molecule has 1 aromatic carbocycles. The van der Waals surface area contributed by atoms with Gasteiger partial charge in [-0.2, -0.15) is 26.3 Å². The van der Waals surface area contributed by atoms with Crippen LogP contribution in [0.4, 0.5) is 26.3 Å². The third-order valence-electron chi connectivity index (χ3n) is 3.56. The van der Waals surface area contributed by atoms with Crippen molar-refractivity contribution in [2.45, 2.75) is 34.2 Å². The standard InChI is InChI=1S/C14H12F6N8S2/c15-13(16,17)9-23-25-11(27(9)21)29-5-7-2-1-3-8(4-7)6-30-12-26-24-10(28(12)22)14(18,19)20/h1-4H,5-6,21-22H2. The number of halogens is 6. The Balaban J connectivity index is 1.63. The molecule has 2 heterocycles. The lowest BCUT2D eigenvalue weighted by molar-refractivity contribution is -0.147. The van der Waals surface area contributed by atoms with Crippen LogP contribution >= 0.6 is 23.5 Å². The van der Waals surface area contributed by atoms with Gasteiger partial charge in [-0.3, -0.25) is 0 Å². The number of benzene rings is 1. The van der Waals surface area contributed by atoms with Crippen molar-refractivity contribution in [3.05, 3.63) is 47.0 Å². The van der Waals surface area contributed by atoms with Gasteiger partial charge in [0.25, 0.3) is 11.6 Å². The molecule has 4 N–H and O–H groups in total. The Morgan fingerprint density at radius 1 is 0.733 bits per heavy atom. The molecule has 0 bridgehead atoms. The van der Waals surface area contributed by atoms with E-state index in [1.165, 1.54) is 0 Å². The van der Waals surface area contributed by atoms with Crippen molar-refractivity contribution >= 4 is 23.5 Å². The summed E-state index contributed by atoms with van der Waals surface area (Å²) in [4.78, 5) is 0. The quantitative estimate of drug-likeness (QED) is 0.321. The summed E-state index contributed by atoms with van der Waals surface area (Å²) in [7, 11) is 0. The highest BCUT2D eigenvalue weighted by atomic mass is 32.2. The molecule has 0 aliphatic rings. The summed E-state index contributed by atoms with van der Waals surface area (Å²) >= 11 is 1.91. The average Bonchev–Trinajstić information content (AvgIpc) is 3.20. The Morgan fingerprint density at radius 3 is 1.47 bits per heavy atom. The van der Waals surface area contributed by atoms with Gasteiger partial charge in [-0.1, -0.05) is 47.8 Å². The second-order valence-electron chi connectivity index (χ2n) is 5.75. The average molecular weight is 470 g/mol. The highest BCUT2D eigenvalue weighted by Gasteiger charge is 2.39. The summed E-state index contributed by atoms with van der Waals surface area (Å²) in [5, 5.41) is 12.7. The van der Waals surface area contributed by atoms with E-state index >= 15 is 0 Å². The Hall–Kier alpha value is -2.62. The molecule has 162 valence electrons. The van der Waals surface area contributed by atoms with Gasteiger partial charge in [0, 0.05) is 11.5 Å². The van der Waals surface area contributed by atoms with E-state index in [-0.39, 0.29) is 21.8 Å². The smallest absolute Gasteiger partial charge is 0.335 e. The van der Waals surface area contributed by atoms with Gasteiger partial charge in [0.1, 0.15) is 0 Å². The van der Waals surface area contributed by atoms with E-state index in [4.69, 9.17) is 11.7 Å². The monoisotopic (exact) mass is 470 g/mol. The third kappa shape index (κ3) is 4.92. The fourth-order valence-electron chi connectivity index (χ4n) is 2.24. The molecule has 0 spiro atoms. The summed E-state index contributed by atoms with van der Waals surface area (Å²) in [5.74, 6) is 8.65. The molecule has 16 heteroatoms. The lowest BCUT2D eigenvalue weighted by Gasteiger charge is -2.07. The van der Waals surface area contributed by atoms with Gasteiger partial charge in [-0.25, -0.2) is 9.35 Å². The van der Waals surface area contributed by atoms with Crippen LogP contribution in [0.15, 0.2) is 34.6 Å². The topological polar surface area (TPSA) is 113 Å². The fraction of sp³-hybridized carbons (Fsp3) is 0.286.